The first kappa shape index (κ1) is 16.5. The van der Waals surface area contributed by atoms with Gasteiger partial charge in [-0.15, -0.1) is 0 Å². The van der Waals surface area contributed by atoms with Crippen LogP contribution in [0.15, 0.2) is 23.1 Å². The topological polar surface area (TPSA) is 66.5 Å². The second-order valence-electron chi connectivity index (χ2n) is 6.70. The number of carbonyl (C=O) groups excluding carboxylic acids is 1. The summed E-state index contributed by atoms with van der Waals surface area (Å²) in [6.07, 6.45) is 4.95. The van der Waals surface area contributed by atoms with Gasteiger partial charge in [-0.25, -0.2) is 13.1 Å². The average Bonchev–Trinajstić information content (AvgIpc) is 2.92. The van der Waals surface area contributed by atoms with Gasteiger partial charge in [0.25, 0.3) is 0 Å². The van der Waals surface area contributed by atoms with E-state index in [0.29, 0.717) is 23.8 Å². The Labute approximate surface area is 138 Å². The van der Waals surface area contributed by atoms with Gasteiger partial charge in [0.05, 0.1) is 4.90 Å². The van der Waals surface area contributed by atoms with Crippen molar-refractivity contribution in [3.8, 4) is 0 Å². The van der Waals surface area contributed by atoms with Gasteiger partial charge in [-0.1, -0.05) is 19.8 Å². The summed E-state index contributed by atoms with van der Waals surface area (Å²) in [7, 11) is -3.51. The summed E-state index contributed by atoms with van der Waals surface area (Å²) in [6, 6.07) is 5.10. The average molecular weight is 336 g/mol. The van der Waals surface area contributed by atoms with Crippen molar-refractivity contribution in [3.63, 3.8) is 0 Å². The number of nitrogens with one attached hydrogen (secondary N) is 1. The fraction of sp³-hybridized carbons (Fsp3) is 0.588. The fourth-order valence-electron chi connectivity index (χ4n) is 3.63. The standard InChI is InChI=1S/C17H24N2O3S/c1-12-5-3-4-6-16(12)18-23(21,22)15-7-8-17-14(11-15)9-10-19(17)13(2)20/h7-8,11-12,16,18H,3-6,9-10H2,1-2H3/t12-,16+/m1/s1. The lowest BCUT2D eigenvalue weighted by atomic mass is 9.87. The number of benzene rings is 1. The first-order valence-electron chi connectivity index (χ1n) is 8.32. The summed E-state index contributed by atoms with van der Waals surface area (Å²) in [5, 5.41) is 0. The Bertz CT molecular complexity index is 715. The van der Waals surface area contributed by atoms with Crippen LogP contribution in [0.5, 0.6) is 0 Å². The molecule has 5 nitrogen and oxygen atoms in total. The molecule has 126 valence electrons. The fourth-order valence-corrected chi connectivity index (χ4v) is 5.06. The Balaban J connectivity index is 1.82. The highest BCUT2D eigenvalue weighted by molar-refractivity contribution is 7.89. The van der Waals surface area contributed by atoms with Crippen LogP contribution in [0, 0.1) is 5.92 Å². The number of carbonyl (C=O) groups is 1. The second kappa shape index (κ2) is 6.24. The van der Waals surface area contributed by atoms with E-state index < -0.39 is 10.0 Å². The van der Waals surface area contributed by atoms with Crippen LogP contribution in [0.25, 0.3) is 0 Å². The zero-order valence-corrected chi connectivity index (χ0v) is 14.5. The Morgan fingerprint density at radius 3 is 2.70 bits per heavy atom. The molecule has 2 atom stereocenters. The third-order valence-corrected chi connectivity index (χ3v) is 6.54. The van der Waals surface area contributed by atoms with Crippen molar-refractivity contribution in [1.29, 1.82) is 0 Å². The minimum atomic E-state index is -3.51. The number of sulfonamides is 1. The molecule has 1 N–H and O–H groups in total. The van der Waals surface area contributed by atoms with Crippen molar-refractivity contribution < 1.29 is 13.2 Å². The van der Waals surface area contributed by atoms with E-state index in [1.807, 2.05) is 0 Å². The predicted octanol–water partition coefficient (Wildman–Crippen LogP) is 2.45. The van der Waals surface area contributed by atoms with Gasteiger partial charge in [0.1, 0.15) is 0 Å². The van der Waals surface area contributed by atoms with Crippen LogP contribution in [-0.2, 0) is 21.2 Å². The molecule has 2 aliphatic rings. The Kier molecular flexibility index (Phi) is 4.47. The van der Waals surface area contributed by atoms with Gasteiger partial charge in [0.15, 0.2) is 0 Å². The molecule has 1 aromatic rings. The molecule has 0 radical (unpaired) electrons. The largest absolute Gasteiger partial charge is 0.312 e. The highest BCUT2D eigenvalue weighted by Gasteiger charge is 2.28. The lowest BCUT2D eigenvalue weighted by molar-refractivity contribution is -0.116. The Morgan fingerprint density at radius 1 is 1.26 bits per heavy atom. The van der Waals surface area contributed by atoms with Crippen molar-refractivity contribution in [2.24, 2.45) is 5.92 Å². The SMILES string of the molecule is CC(=O)N1CCc2cc(S(=O)(=O)N[C@H]3CCCC[C@H]3C)ccc21. The maximum atomic E-state index is 12.7. The number of hydrogen-bond acceptors (Lipinski definition) is 3. The van der Waals surface area contributed by atoms with Gasteiger partial charge in [-0.05, 0) is 48.9 Å². The molecule has 1 aliphatic heterocycles. The van der Waals surface area contributed by atoms with Gasteiger partial charge in [-0.3, -0.25) is 4.79 Å². The zero-order valence-electron chi connectivity index (χ0n) is 13.7. The van der Waals surface area contributed by atoms with Crippen molar-refractivity contribution in [2.75, 3.05) is 11.4 Å². The molecular weight excluding hydrogens is 312 g/mol. The van der Waals surface area contributed by atoms with Crippen molar-refractivity contribution in [3.05, 3.63) is 23.8 Å². The van der Waals surface area contributed by atoms with E-state index in [4.69, 9.17) is 0 Å². The summed E-state index contributed by atoms with van der Waals surface area (Å²) in [5.74, 6) is 0.370. The van der Waals surface area contributed by atoms with Gasteiger partial charge in [-0.2, -0.15) is 0 Å². The third kappa shape index (κ3) is 3.28. The van der Waals surface area contributed by atoms with Crippen LogP contribution < -0.4 is 9.62 Å². The minimum Gasteiger partial charge on any atom is -0.312 e. The predicted molar refractivity (Wildman–Crippen MR) is 89.9 cm³/mol. The molecule has 0 bridgehead atoms. The number of fused-ring (bicyclic) bond motifs is 1. The van der Waals surface area contributed by atoms with Crippen molar-refractivity contribution in [2.45, 2.75) is 56.9 Å². The monoisotopic (exact) mass is 336 g/mol. The normalized spacial score (nSPS) is 24.5. The first-order valence-corrected chi connectivity index (χ1v) is 9.80. The molecule has 1 saturated carbocycles. The summed E-state index contributed by atoms with van der Waals surface area (Å²) >= 11 is 0. The van der Waals surface area contributed by atoms with Crippen molar-refractivity contribution >= 4 is 21.6 Å². The molecule has 1 amide bonds. The Hall–Kier alpha value is -1.40. The van der Waals surface area contributed by atoms with E-state index in [2.05, 4.69) is 11.6 Å². The third-order valence-electron chi connectivity index (χ3n) is 5.05. The minimum absolute atomic E-state index is 0.00601. The summed E-state index contributed by atoms with van der Waals surface area (Å²) in [5.41, 5.74) is 1.77. The molecule has 3 rings (SSSR count). The van der Waals surface area contributed by atoms with Crippen LogP contribution in [-0.4, -0.2) is 26.9 Å². The number of hydrogen-bond donors (Lipinski definition) is 1. The van der Waals surface area contributed by atoms with E-state index in [9.17, 15) is 13.2 Å². The first-order chi connectivity index (χ1) is 10.9. The highest BCUT2D eigenvalue weighted by atomic mass is 32.2. The molecule has 1 aliphatic carbocycles. The molecule has 6 heteroatoms. The maximum Gasteiger partial charge on any atom is 0.240 e. The van der Waals surface area contributed by atoms with E-state index >= 15 is 0 Å². The van der Waals surface area contributed by atoms with E-state index in [-0.39, 0.29) is 11.9 Å². The van der Waals surface area contributed by atoms with Gasteiger partial charge >= 0.3 is 0 Å². The molecular formula is C17H24N2O3S. The molecule has 23 heavy (non-hydrogen) atoms. The van der Waals surface area contributed by atoms with Crippen LogP contribution in [0.3, 0.4) is 0 Å². The van der Waals surface area contributed by atoms with E-state index in [1.165, 1.54) is 13.3 Å². The number of rotatable bonds is 3. The quantitative estimate of drug-likeness (QED) is 0.922. The van der Waals surface area contributed by atoms with Gasteiger partial charge in [0, 0.05) is 25.2 Å². The lowest BCUT2D eigenvalue weighted by Crippen LogP contribution is -2.41. The molecule has 0 saturated heterocycles. The molecule has 1 fully saturated rings. The van der Waals surface area contributed by atoms with Gasteiger partial charge in [0.2, 0.25) is 15.9 Å². The maximum absolute atomic E-state index is 12.7. The number of nitrogens with zero attached hydrogens (tertiary/aromatic N) is 1. The number of anilines is 1. The smallest absolute Gasteiger partial charge is 0.240 e. The summed E-state index contributed by atoms with van der Waals surface area (Å²) < 4.78 is 28.2. The lowest BCUT2D eigenvalue weighted by Gasteiger charge is -2.29. The van der Waals surface area contributed by atoms with Crippen molar-refractivity contribution in [1.82, 2.24) is 4.72 Å². The summed E-state index contributed by atoms with van der Waals surface area (Å²) in [6.45, 7) is 4.27. The van der Waals surface area contributed by atoms with Crippen LogP contribution >= 0.6 is 0 Å². The highest BCUT2D eigenvalue weighted by Crippen LogP contribution is 2.31. The molecule has 0 spiro atoms. The number of amides is 1. The molecule has 0 aromatic heterocycles. The Morgan fingerprint density at radius 2 is 2.00 bits per heavy atom. The molecule has 1 heterocycles. The summed E-state index contributed by atoms with van der Waals surface area (Å²) in [4.78, 5) is 13.6. The van der Waals surface area contributed by atoms with Crippen LogP contribution in [0.4, 0.5) is 5.69 Å². The molecule has 0 unspecified atom stereocenters. The molecule has 1 aromatic carbocycles. The van der Waals surface area contributed by atoms with E-state index in [1.54, 1.807) is 23.1 Å². The van der Waals surface area contributed by atoms with Crippen LogP contribution in [0.1, 0.15) is 45.1 Å². The second-order valence-corrected chi connectivity index (χ2v) is 8.41. The zero-order chi connectivity index (χ0) is 16.6. The van der Waals surface area contributed by atoms with Crippen LogP contribution in [0.2, 0.25) is 0 Å². The van der Waals surface area contributed by atoms with E-state index in [0.717, 1.165) is 30.5 Å². The van der Waals surface area contributed by atoms with Gasteiger partial charge < -0.3 is 4.90 Å².